The third-order valence-corrected chi connectivity index (χ3v) is 2.61. The molecule has 0 aromatic heterocycles. The number of hydrogen-bond acceptors (Lipinski definition) is 2. The highest BCUT2D eigenvalue weighted by Gasteiger charge is 2.11. The summed E-state index contributed by atoms with van der Waals surface area (Å²) in [5, 5.41) is 0.661. The lowest BCUT2D eigenvalue weighted by atomic mass is 10.0. The molecule has 1 rings (SSSR count). The molecule has 2 nitrogen and oxygen atoms in total. The second-order valence-electron chi connectivity index (χ2n) is 3.04. The average molecular weight is 200 g/mol. The van der Waals surface area contributed by atoms with Crippen LogP contribution in [0.2, 0.25) is 5.02 Å². The standard InChI is InChI=1S/C10H14ClNO/c1-6-4-7(2)9(11)10(13-3)8(6)5-12/h4H,5,12H2,1-3H3. The van der Waals surface area contributed by atoms with Gasteiger partial charge in [0.25, 0.3) is 0 Å². The third kappa shape index (κ3) is 1.79. The molecule has 1 aromatic carbocycles. The van der Waals surface area contributed by atoms with Crippen LogP contribution in [0.5, 0.6) is 5.75 Å². The van der Waals surface area contributed by atoms with Crippen molar-refractivity contribution in [2.75, 3.05) is 7.11 Å². The lowest BCUT2D eigenvalue weighted by molar-refractivity contribution is 0.409. The largest absolute Gasteiger partial charge is 0.495 e. The van der Waals surface area contributed by atoms with E-state index in [1.54, 1.807) is 7.11 Å². The van der Waals surface area contributed by atoms with Crippen LogP contribution >= 0.6 is 11.6 Å². The van der Waals surface area contributed by atoms with E-state index in [1.807, 2.05) is 19.9 Å². The van der Waals surface area contributed by atoms with E-state index in [-0.39, 0.29) is 0 Å². The normalized spacial score (nSPS) is 10.2. The van der Waals surface area contributed by atoms with Crippen molar-refractivity contribution in [2.24, 2.45) is 5.73 Å². The summed E-state index contributed by atoms with van der Waals surface area (Å²) in [4.78, 5) is 0. The summed E-state index contributed by atoms with van der Waals surface area (Å²) in [6.45, 7) is 4.42. The van der Waals surface area contributed by atoms with Gasteiger partial charge in [-0.2, -0.15) is 0 Å². The van der Waals surface area contributed by atoms with Crippen LogP contribution < -0.4 is 10.5 Å². The van der Waals surface area contributed by atoms with E-state index < -0.39 is 0 Å². The van der Waals surface area contributed by atoms with Crippen LogP contribution in [0, 0.1) is 13.8 Å². The van der Waals surface area contributed by atoms with Gasteiger partial charge < -0.3 is 10.5 Å². The maximum atomic E-state index is 6.07. The molecule has 0 radical (unpaired) electrons. The van der Waals surface area contributed by atoms with Crippen LogP contribution in [0.3, 0.4) is 0 Å². The van der Waals surface area contributed by atoms with Gasteiger partial charge in [-0.3, -0.25) is 0 Å². The Balaban J connectivity index is 3.41. The fourth-order valence-corrected chi connectivity index (χ4v) is 1.68. The molecule has 3 heteroatoms. The summed E-state index contributed by atoms with van der Waals surface area (Å²) in [5.74, 6) is 0.710. The van der Waals surface area contributed by atoms with Gasteiger partial charge in [-0.15, -0.1) is 0 Å². The van der Waals surface area contributed by atoms with Gasteiger partial charge in [-0.05, 0) is 25.0 Å². The van der Waals surface area contributed by atoms with E-state index in [0.717, 1.165) is 16.7 Å². The molecule has 13 heavy (non-hydrogen) atoms. The Morgan fingerprint density at radius 1 is 1.38 bits per heavy atom. The minimum absolute atomic E-state index is 0.453. The molecular formula is C10H14ClNO. The first-order chi connectivity index (χ1) is 6.11. The van der Waals surface area contributed by atoms with Gasteiger partial charge in [0.15, 0.2) is 0 Å². The van der Waals surface area contributed by atoms with Crippen molar-refractivity contribution in [2.45, 2.75) is 20.4 Å². The minimum Gasteiger partial charge on any atom is -0.495 e. The van der Waals surface area contributed by atoms with Crippen molar-refractivity contribution < 1.29 is 4.74 Å². The Hall–Kier alpha value is -0.730. The molecular weight excluding hydrogens is 186 g/mol. The zero-order valence-electron chi connectivity index (χ0n) is 8.15. The van der Waals surface area contributed by atoms with Gasteiger partial charge in [0, 0.05) is 12.1 Å². The molecule has 0 aliphatic heterocycles. The Bertz CT molecular complexity index is 323. The molecule has 1 aromatic rings. The highest BCUT2D eigenvalue weighted by Crippen LogP contribution is 2.33. The molecule has 2 N–H and O–H groups in total. The monoisotopic (exact) mass is 199 g/mol. The number of aryl methyl sites for hydroxylation is 2. The second-order valence-corrected chi connectivity index (χ2v) is 3.42. The molecule has 72 valence electrons. The van der Waals surface area contributed by atoms with Crippen LogP contribution in [0.15, 0.2) is 6.07 Å². The second kappa shape index (κ2) is 3.99. The predicted molar refractivity (Wildman–Crippen MR) is 55.4 cm³/mol. The molecule has 0 heterocycles. The fourth-order valence-electron chi connectivity index (χ4n) is 1.43. The SMILES string of the molecule is COc1c(Cl)c(C)cc(C)c1CN. The smallest absolute Gasteiger partial charge is 0.142 e. The molecule has 0 saturated heterocycles. The molecule has 0 aliphatic rings. The number of rotatable bonds is 2. The zero-order chi connectivity index (χ0) is 10.0. The molecule has 0 saturated carbocycles. The van der Waals surface area contributed by atoms with Crippen molar-refractivity contribution in [3.05, 3.63) is 27.8 Å². The Kier molecular flexibility index (Phi) is 3.17. The topological polar surface area (TPSA) is 35.2 Å². The van der Waals surface area contributed by atoms with E-state index in [2.05, 4.69) is 0 Å². The maximum absolute atomic E-state index is 6.07. The summed E-state index contributed by atoms with van der Waals surface area (Å²) in [5.41, 5.74) is 8.74. The minimum atomic E-state index is 0.453. The van der Waals surface area contributed by atoms with E-state index in [1.165, 1.54) is 0 Å². The van der Waals surface area contributed by atoms with Gasteiger partial charge in [0.1, 0.15) is 5.75 Å². The van der Waals surface area contributed by atoms with Crippen molar-refractivity contribution in [3.8, 4) is 5.75 Å². The van der Waals surface area contributed by atoms with Crippen LogP contribution in [0.1, 0.15) is 16.7 Å². The van der Waals surface area contributed by atoms with Crippen molar-refractivity contribution in [3.63, 3.8) is 0 Å². The predicted octanol–water partition coefficient (Wildman–Crippen LogP) is 2.42. The summed E-state index contributed by atoms with van der Waals surface area (Å²) in [7, 11) is 1.61. The Morgan fingerprint density at radius 2 is 2.00 bits per heavy atom. The molecule has 0 atom stereocenters. The van der Waals surface area contributed by atoms with Gasteiger partial charge in [-0.25, -0.2) is 0 Å². The maximum Gasteiger partial charge on any atom is 0.142 e. The molecule has 0 unspecified atom stereocenters. The molecule has 0 aliphatic carbocycles. The van der Waals surface area contributed by atoms with Gasteiger partial charge >= 0.3 is 0 Å². The van der Waals surface area contributed by atoms with E-state index in [4.69, 9.17) is 22.1 Å². The van der Waals surface area contributed by atoms with Crippen molar-refractivity contribution in [1.29, 1.82) is 0 Å². The molecule has 0 bridgehead atoms. The van der Waals surface area contributed by atoms with Crippen LogP contribution in [-0.2, 0) is 6.54 Å². The molecule has 0 fully saturated rings. The lowest BCUT2D eigenvalue weighted by Gasteiger charge is -2.13. The highest BCUT2D eigenvalue weighted by molar-refractivity contribution is 6.33. The zero-order valence-corrected chi connectivity index (χ0v) is 8.90. The summed E-state index contributed by atoms with van der Waals surface area (Å²) in [6.07, 6.45) is 0. The van der Waals surface area contributed by atoms with E-state index in [0.29, 0.717) is 17.3 Å². The Labute approximate surface area is 83.6 Å². The number of nitrogens with two attached hydrogens (primary N) is 1. The number of hydrogen-bond donors (Lipinski definition) is 1. The van der Waals surface area contributed by atoms with Crippen molar-refractivity contribution in [1.82, 2.24) is 0 Å². The third-order valence-electron chi connectivity index (χ3n) is 2.14. The van der Waals surface area contributed by atoms with E-state index in [9.17, 15) is 0 Å². The number of benzene rings is 1. The average Bonchev–Trinajstić information content (AvgIpc) is 2.10. The van der Waals surface area contributed by atoms with Gasteiger partial charge in [0.05, 0.1) is 12.1 Å². The summed E-state index contributed by atoms with van der Waals surface area (Å²) in [6, 6.07) is 2.02. The Morgan fingerprint density at radius 3 is 2.46 bits per heavy atom. The quantitative estimate of drug-likeness (QED) is 0.794. The molecule has 0 amide bonds. The fraction of sp³-hybridized carbons (Fsp3) is 0.400. The highest BCUT2D eigenvalue weighted by atomic mass is 35.5. The number of ether oxygens (including phenoxy) is 1. The summed E-state index contributed by atoms with van der Waals surface area (Å²) >= 11 is 6.07. The van der Waals surface area contributed by atoms with Crippen LogP contribution in [0.25, 0.3) is 0 Å². The van der Waals surface area contributed by atoms with E-state index >= 15 is 0 Å². The van der Waals surface area contributed by atoms with Gasteiger partial charge in [0.2, 0.25) is 0 Å². The van der Waals surface area contributed by atoms with Crippen LogP contribution in [0.4, 0.5) is 0 Å². The summed E-state index contributed by atoms with van der Waals surface area (Å²) < 4.78 is 5.22. The van der Waals surface area contributed by atoms with Crippen molar-refractivity contribution >= 4 is 11.6 Å². The van der Waals surface area contributed by atoms with Crippen LogP contribution in [-0.4, -0.2) is 7.11 Å². The first-order valence-corrected chi connectivity index (χ1v) is 4.52. The first-order valence-electron chi connectivity index (χ1n) is 4.14. The first kappa shape index (κ1) is 10.4. The van der Waals surface area contributed by atoms with Gasteiger partial charge in [-0.1, -0.05) is 17.7 Å². The lowest BCUT2D eigenvalue weighted by Crippen LogP contribution is -2.03. The number of halogens is 1. The number of methoxy groups -OCH3 is 1. The molecule has 0 spiro atoms.